The van der Waals surface area contributed by atoms with E-state index in [1.807, 2.05) is 11.3 Å². The van der Waals surface area contributed by atoms with Crippen molar-refractivity contribution in [3.8, 4) is 61.6 Å². The number of para-hydroxylation sites is 4. The van der Waals surface area contributed by atoms with Gasteiger partial charge in [-0.2, -0.15) is 0 Å². The molecule has 0 atom stereocenters. The van der Waals surface area contributed by atoms with Crippen molar-refractivity contribution in [1.29, 1.82) is 0 Å². The van der Waals surface area contributed by atoms with Crippen molar-refractivity contribution in [2.45, 2.75) is 0 Å². The van der Waals surface area contributed by atoms with E-state index in [0.29, 0.717) is 0 Å². The van der Waals surface area contributed by atoms with Crippen LogP contribution in [-0.4, -0.2) is 21.8 Å². The minimum absolute atomic E-state index is 0.852. The second-order valence-electron chi connectivity index (χ2n) is 29.0. The first-order valence-corrected chi connectivity index (χ1v) is 40.2. The highest BCUT2D eigenvalue weighted by Gasteiger charge is 2.42. The molecule has 0 aliphatic rings. The third-order valence-corrected chi connectivity index (χ3v) is 29.1. The van der Waals surface area contributed by atoms with Crippen LogP contribution in [0.15, 0.2) is 391 Å². The summed E-state index contributed by atoms with van der Waals surface area (Å²) >= 11 is 1.89. The minimum Gasteiger partial charge on any atom is -0.456 e. The van der Waals surface area contributed by atoms with Crippen LogP contribution < -0.4 is 20.7 Å². The van der Waals surface area contributed by atoms with E-state index in [1.54, 1.807) is 0 Å². The Morgan fingerprint density at radius 2 is 0.596 bits per heavy atom. The number of furan rings is 2. The van der Waals surface area contributed by atoms with Crippen molar-refractivity contribution in [3.05, 3.63) is 382 Å². The Hall–Kier alpha value is -13.8. The summed E-state index contributed by atoms with van der Waals surface area (Å²) in [5.41, 5.74) is 23.1. The molecule has 0 aliphatic carbocycles. The predicted octanol–water partition coefficient (Wildman–Crippen LogP) is 25.2. The number of fused-ring (bicyclic) bond motifs is 18. The lowest BCUT2D eigenvalue weighted by molar-refractivity contribution is 0.668. The second kappa shape index (κ2) is 24.1. The molecular weight excluding hydrogens is 1360 g/mol. The Morgan fingerprint density at radius 3 is 1.22 bits per heavy atom. The summed E-state index contributed by atoms with van der Waals surface area (Å²) < 4.78 is 23.1. The third-order valence-electron chi connectivity index (χ3n) is 23.2. The fraction of sp³-hybridized carbons (Fsp3) is 0. The first kappa shape index (κ1) is 61.5. The Morgan fingerprint density at radius 1 is 0.211 bits per heavy atom. The number of nitrogens with zero attached hydrogens (tertiary/aromatic N) is 3. The highest BCUT2D eigenvalue weighted by molar-refractivity contribution is 7.26. The molecule has 0 aliphatic heterocycles. The molecule has 6 aromatic heterocycles. The Bertz CT molecular complexity index is 7600. The van der Waals surface area contributed by atoms with Crippen LogP contribution in [0.3, 0.4) is 0 Å². The molecule has 109 heavy (non-hydrogen) atoms. The van der Waals surface area contributed by atoms with Crippen molar-refractivity contribution in [2.24, 2.45) is 0 Å². The molecular formula is C102H63N3O2SSi. The lowest BCUT2D eigenvalue weighted by Crippen LogP contribution is -2.74. The van der Waals surface area contributed by atoms with Crippen molar-refractivity contribution in [1.82, 2.24) is 13.7 Å². The van der Waals surface area contributed by atoms with E-state index >= 15 is 0 Å². The van der Waals surface area contributed by atoms with Crippen LogP contribution in [0.25, 0.3) is 191 Å². The zero-order chi connectivity index (χ0) is 71.4. The van der Waals surface area contributed by atoms with Gasteiger partial charge in [-0.05, 0) is 193 Å². The summed E-state index contributed by atoms with van der Waals surface area (Å²) in [5.74, 6) is 0. The van der Waals surface area contributed by atoms with Crippen LogP contribution in [0, 0.1) is 0 Å². The monoisotopic (exact) mass is 1420 g/mol. The molecule has 0 N–H and O–H groups in total. The lowest BCUT2D eigenvalue weighted by Gasteiger charge is -2.35. The number of thiophene rings is 1. The third kappa shape index (κ3) is 9.37. The summed E-state index contributed by atoms with van der Waals surface area (Å²) in [6.45, 7) is 0. The van der Waals surface area contributed by atoms with Crippen LogP contribution in [0.5, 0.6) is 0 Å². The smallest absolute Gasteiger partial charge is 0.179 e. The normalized spacial score (nSPS) is 12.2. The zero-order valence-corrected chi connectivity index (χ0v) is 60.8. The molecule has 23 aromatic rings. The molecule has 0 radical (unpaired) electrons. The summed E-state index contributed by atoms with van der Waals surface area (Å²) in [7, 11) is -3.07. The predicted molar refractivity (Wildman–Crippen MR) is 462 cm³/mol. The standard InChI is InChI=1S/C102H63N3O2SSi/c1-3-26-73(27-4-1)109(74-28-5-2-6-29-74,75-30-18-24-68(57-75)78-38-20-39-83-82-35-11-16-45-100(82)108-102(78)83)76-31-19-25-70(61-76)105-93-43-15-10-36-84(93)101-77(37-21-44-95(101)105)69-46-51-94-85(60-69)81-34-9-14-42-92(81)104(94)72-50-55-99-89(63-72)87-59-67(48-53-97(87)107-99)65-23-17-22-64(56-65)66-47-52-96-86(58-66)88-62-71(49-54-98(88)106-96)103-90-40-12-7-32-79(90)80-33-8-13-41-91(80)103/h1-63H. The SMILES string of the molecule is c1ccc([Si](c2ccccc2)(c2cccc(-c3cccc4c3sc3ccccc34)c2)c2cccc(-n3c4ccccc4c4c(-c5ccc6c(c5)c5ccccc5n6-c5ccc6oc7ccc(-c8cccc(-c9ccc%10oc%11ccc(-n%12c%13ccccc%13c%13ccccc%13%12)cc%11c%10c9)c8)cc7c6c5)cccc43)c2)cc1. The van der Waals surface area contributed by atoms with E-state index in [0.717, 1.165) is 111 Å². The Kier molecular flexibility index (Phi) is 13.6. The molecule has 0 bridgehead atoms. The van der Waals surface area contributed by atoms with E-state index in [2.05, 4.69) is 396 Å². The first-order valence-electron chi connectivity index (χ1n) is 37.3. The molecule has 0 saturated heterocycles. The van der Waals surface area contributed by atoms with Crippen LogP contribution in [0.4, 0.5) is 0 Å². The van der Waals surface area contributed by atoms with Crippen LogP contribution >= 0.6 is 11.3 Å². The maximum absolute atomic E-state index is 6.68. The molecule has 23 rings (SSSR count). The maximum atomic E-state index is 6.68. The molecule has 508 valence electrons. The van der Waals surface area contributed by atoms with E-state index in [-0.39, 0.29) is 0 Å². The van der Waals surface area contributed by atoms with Gasteiger partial charge in [0.15, 0.2) is 8.07 Å². The topological polar surface area (TPSA) is 41.1 Å². The number of hydrogen-bond acceptors (Lipinski definition) is 3. The van der Waals surface area contributed by atoms with Gasteiger partial charge in [0.25, 0.3) is 0 Å². The summed E-state index contributed by atoms with van der Waals surface area (Å²) in [6.07, 6.45) is 0. The molecule has 7 heteroatoms. The van der Waals surface area contributed by atoms with Gasteiger partial charge in [-0.25, -0.2) is 0 Å². The highest BCUT2D eigenvalue weighted by Crippen LogP contribution is 2.45. The van der Waals surface area contributed by atoms with Gasteiger partial charge in [-0.1, -0.05) is 255 Å². The van der Waals surface area contributed by atoms with Gasteiger partial charge in [0.05, 0.1) is 33.1 Å². The van der Waals surface area contributed by atoms with E-state index in [1.165, 1.54) is 101 Å². The van der Waals surface area contributed by atoms with E-state index in [4.69, 9.17) is 8.83 Å². The molecule has 17 aromatic carbocycles. The summed E-state index contributed by atoms with van der Waals surface area (Å²) in [5, 5.41) is 19.6. The molecule has 5 nitrogen and oxygen atoms in total. The Balaban J connectivity index is 0.611. The average molecular weight is 1420 g/mol. The quantitative estimate of drug-likeness (QED) is 0.0956. The van der Waals surface area contributed by atoms with Crippen molar-refractivity contribution < 1.29 is 8.83 Å². The average Bonchev–Trinajstić information content (AvgIpc) is 0.940. The van der Waals surface area contributed by atoms with Gasteiger partial charge in [0.2, 0.25) is 0 Å². The molecule has 0 unspecified atom stereocenters. The van der Waals surface area contributed by atoms with Gasteiger partial charge in [0, 0.05) is 91.1 Å². The van der Waals surface area contributed by atoms with Gasteiger partial charge in [-0.15, -0.1) is 11.3 Å². The van der Waals surface area contributed by atoms with Crippen molar-refractivity contribution >= 4 is 170 Å². The Labute approximate surface area is 631 Å². The van der Waals surface area contributed by atoms with Crippen LogP contribution in [0.1, 0.15) is 0 Å². The molecule has 0 saturated carbocycles. The number of rotatable bonds is 11. The molecule has 6 heterocycles. The first-order chi connectivity index (χ1) is 54.0. The number of hydrogen-bond donors (Lipinski definition) is 0. The van der Waals surface area contributed by atoms with Crippen LogP contribution in [-0.2, 0) is 0 Å². The summed E-state index contributed by atoms with van der Waals surface area (Å²) in [6, 6.07) is 142. The fourth-order valence-electron chi connectivity index (χ4n) is 18.4. The minimum atomic E-state index is -3.07. The van der Waals surface area contributed by atoms with Gasteiger partial charge in [0.1, 0.15) is 22.3 Å². The van der Waals surface area contributed by atoms with E-state index in [9.17, 15) is 0 Å². The molecule has 0 spiro atoms. The highest BCUT2D eigenvalue weighted by atomic mass is 32.1. The molecule has 0 amide bonds. The van der Waals surface area contributed by atoms with Crippen molar-refractivity contribution in [2.75, 3.05) is 0 Å². The van der Waals surface area contributed by atoms with Crippen molar-refractivity contribution in [3.63, 3.8) is 0 Å². The van der Waals surface area contributed by atoms with Gasteiger partial charge < -0.3 is 22.5 Å². The maximum Gasteiger partial charge on any atom is 0.179 e. The summed E-state index contributed by atoms with van der Waals surface area (Å²) in [4.78, 5) is 0. The lowest BCUT2D eigenvalue weighted by atomic mass is 9.97. The van der Waals surface area contributed by atoms with Gasteiger partial charge >= 0.3 is 0 Å². The second-order valence-corrected chi connectivity index (χ2v) is 33.8. The van der Waals surface area contributed by atoms with Crippen LogP contribution in [0.2, 0.25) is 0 Å². The number of aromatic nitrogens is 3. The largest absolute Gasteiger partial charge is 0.456 e. The fourth-order valence-corrected chi connectivity index (χ4v) is 24.4. The molecule has 0 fully saturated rings. The van der Waals surface area contributed by atoms with Gasteiger partial charge in [-0.3, -0.25) is 0 Å². The number of benzene rings is 17. The zero-order valence-electron chi connectivity index (χ0n) is 58.9. The van der Waals surface area contributed by atoms with E-state index < -0.39 is 8.07 Å².